The Morgan fingerprint density at radius 1 is 1.21 bits per heavy atom. The lowest BCUT2D eigenvalue weighted by atomic mass is 9.93. The Kier molecular flexibility index (Phi) is 4.00. The van der Waals surface area contributed by atoms with E-state index in [1.54, 1.807) is 0 Å². The van der Waals surface area contributed by atoms with Gasteiger partial charge in [0.2, 0.25) is 5.89 Å². The number of benzene rings is 1. The molecule has 0 unspecified atom stereocenters. The van der Waals surface area contributed by atoms with Gasteiger partial charge in [-0.1, -0.05) is 43.3 Å². The second kappa shape index (κ2) is 5.53. The normalized spacial score (nSPS) is 11.8. The average Bonchev–Trinajstić information content (AvgIpc) is 2.90. The number of aryl methyl sites for hydroxylation is 1. The van der Waals surface area contributed by atoms with Gasteiger partial charge in [0.15, 0.2) is 5.82 Å². The molecular formula is C15H21N3O. The summed E-state index contributed by atoms with van der Waals surface area (Å²) in [5, 5.41) is 4.04. The maximum atomic E-state index is 6.27. The van der Waals surface area contributed by atoms with Crippen LogP contribution in [0.4, 0.5) is 0 Å². The molecule has 19 heavy (non-hydrogen) atoms. The molecule has 1 aromatic heterocycles. The van der Waals surface area contributed by atoms with Gasteiger partial charge in [0, 0.05) is 0 Å². The monoisotopic (exact) mass is 259 g/mol. The predicted molar refractivity (Wildman–Crippen MR) is 74.7 cm³/mol. The van der Waals surface area contributed by atoms with Gasteiger partial charge in [-0.3, -0.25) is 0 Å². The fraction of sp³-hybridized carbons (Fsp3) is 0.467. The van der Waals surface area contributed by atoms with Gasteiger partial charge in [-0.2, -0.15) is 4.98 Å². The molecule has 2 N–H and O–H groups in total. The fourth-order valence-electron chi connectivity index (χ4n) is 2.07. The van der Waals surface area contributed by atoms with Gasteiger partial charge in [-0.25, -0.2) is 0 Å². The Balaban J connectivity index is 2.21. The highest BCUT2D eigenvalue weighted by atomic mass is 16.5. The van der Waals surface area contributed by atoms with Gasteiger partial charge in [0.05, 0.1) is 12.0 Å². The predicted octanol–water partition coefficient (Wildman–Crippen LogP) is 2.94. The largest absolute Gasteiger partial charge is 0.339 e. The van der Waals surface area contributed by atoms with Crippen LogP contribution < -0.4 is 5.73 Å². The Morgan fingerprint density at radius 3 is 2.53 bits per heavy atom. The number of nitrogens with zero attached hydrogens (tertiary/aromatic N) is 2. The third kappa shape index (κ3) is 2.84. The maximum absolute atomic E-state index is 6.27. The molecule has 102 valence electrons. The van der Waals surface area contributed by atoms with E-state index >= 15 is 0 Å². The van der Waals surface area contributed by atoms with Crippen molar-refractivity contribution >= 4 is 0 Å². The fourth-order valence-corrected chi connectivity index (χ4v) is 2.07. The van der Waals surface area contributed by atoms with Crippen LogP contribution in [0.15, 0.2) is 28.8 Å². The highest BCUT2D eigenvalue weighted by Crippen LogP contribution is 2.23. The van der Waals surface area contributed by atoms with Crippen LogP contribution in [0, 0.1) is 6.92 Å². The molecule has 0 radical (unpaired) electrons. The second-order valence-corrected chi connectivity index (χ2v) is 4.98. The van der Waals surface area contributed by atoms with E-state index in [1.807, 2.05) is 26.0 Å². The van der Waals surface area contributed by atoms with Crippen LogP contribution in [0.3, 0.4) is 0 Å². The molecule has 0 amide bonds. The highest BCUT2D eigenvalue weighted by molar-refractivity contribution is 5.27. The van der Waals surface area contributed by atoms with E-state index in [9.17, 15) is 0 Å². The lowest BCUT2D eigenvalue weighted by molar-refractivity contribution is 0.337. The summed E-state index contributed by atoms with van der Waals surface area (Å²) < 4.78 is 5.33. The van der Waals surface area contributed by atoms with E-state index in [4.69, 9.17) is 10.3 Å². The summed E-state index contributed by atoms with van der Waals surface area (Å²) in [5.74, 6) is 1.24. The van der Waals surface area contributed by atoms with E-state index in [1.165, 1.54) is 11.1 Å². The Morgan fingerprint density at radius 2 is 1.89 bits per heavy atom. The molecule has 4 nitrogen and oxygen atoms in total. The summed E-state index contributed by atoms with van der Waals surface area (Å²) >= 11 is 0. The Hall–Kier alpha value is -1.68. The topological polar surface area (TPSA) is 64.9 Å². The summed E-state index contributed by atoms with van der Waals surface area (Å²) in [5.41, 5.74) is 8.22. The van der Waals surface area contributed by atoms with E-state index < -0.39 is 5.54 Å². The lowest BCUT2D eigenvalue weighted by Gasteiger charge is -2.21. The van der Waals surface area contributed by atoms with Crippen molar-refractivity contribution < 1.29 is 4.52 Å². The number of rotatable bonds is 5. The average molecular weight is 259 g/mol. The summed E-state index contributed by atoms with van der Waals surface area (Å²) in [6, 6.07) is 8.20. The van der Waals surface area contributed by atoms with Crippen molar-refractivity contribution in [2.45, 2.75) is 45.6 Å². The first-order chi connectivity index (χ1) is 9.09. The first-order valence-electron chi connectivity index (χ1n) is 6.75. The molecule has 0 aliphatic heterocycles. The molecule has 0 aliphatic carbocycles. The minimum atomic E-state index is -0.479. The summed E-state index contributed by atoms with van der Waals surface area (Å²) in [4.78, 5) is 4.46. The third-order valence-corrected chi connectivity index (χ3v) is 3.78. The third-order valence-electron chi connectivity index (χ3n) is 3.78. The molecule has 0 bridgehead atoms. The van der Waals surface area contributed by atoms with Gasteiger partial charge in [-0.15, -0.1) is 0 Å². The van der Waals surface area contributed by atoms with E-state index in [0.29, 0.717) is 18.1 Å². The SMILES string of the molecule is CCC(N)(CC)c1noc(Cc2ccccc2C)n1. The van der Waals surface area contributed by atoms with E-state index in [-0.39, 0.29) is 0 Å². The summed E-state index contributed by atoms with van der Waals surface area (Å²) in [6.07, 6.45) is 2.25. The Labute approximate surface area is 114 Å². The molecule has 0 fully saturated rings. The van der Waals surface area contributed by atoms with Gasteiger partial charge >= 0.3 is 0 Å². The quantitative estimate of drug-likeness (QED) is 0.896. The van der Waals surface area contributed by atoms with Crippen molar-refractivity contribution in [3.8, 4) is 0 Å². The van der Waals surface area contributed by atoms with Crippen LogP contribution in [0.25, 0.3) is 0 Å². The van der Waals surface area contributed by atoms with Crippen molar-refractivity contribution in [3.63, 3.8) is 0 Å². The molecule has 1 aromatic carbocycles. The zero-order valence-electron chi connectivity index (χ0n) is 11.8. The van der Waals surface area contributed by atoms with E-state index in [0.717, 1.165) is 12.8 Å². The number of aromatic nitrogens is 2. The zero-order chi connectivity index (χ0) is 13.9. The lowest BCUT2D eigenvalue weighted by Crippen LogP contribution is -2.36. The summed E-state index contributed by atoms with van der Waals surface area (Å²) in [6.45, 7) is 6.17. The standard InChI is InChI=1S/C15H21N3O/c1-4-15(16,5-2)14-17-13(19-18-14)10-12-9-7-6-8-11(12)3/h6-9H,4-5,10,16H2,1-3H3. The van der Waals surface area contributed by atoms with Crippen molar-refractivity contribution in [3.05, 3.63) is 47.1 Å². The van der Waals surface area contributed by atoms with Crippen LogP contribution in [0.1, 0.15) is 49.5 Å². The van der Waals surface area contributed by atoms with Gasteiger partial charge in [0.25, 0.3) is 0 Å². The molecular weight excluding hydrogens is 238 g/mol. The van der Waals surface area contributed by atoms with Crippen molar-refractivity contribution in [2.75, 3.05) is 0 Å². The smallest absolute Gasteiger partial charge is 0.231 e. The molecule has 2 rings (SSSR count). The summed E-state index contributed by atoms with van der Waals surface area (Å²) in [7, 11) is 0. The first kappa shape index (κ1) is 13.7. The Bertz CT molecular complexity index is 544. The van der Waals surface area contributed by atoms with Crippen LogP contribution >= 0.6 is 0 Å². The van der Waals surface area contributed by atoms with Crippen LogP contribution in [0.5, 0.6) is 0 Å². The molecule has 0 aliphatic rings. The van der Waals surface area contributed by atoms with Crippen molar-refractivity contribution in [1.82, 2.24) is 10.1 Å². The molecule has 1 heterocycles. The van der Waals surface area contributed by atoms with Gasteiger partial charge in [0.1, 0.15) is 0 Å². The minimum absolute atomic E-state index is 0.479. The number of hydrogen-bond acceptors (Lipinski definition) is 4. The molecule has 0 saturated heterocycles. The van der Waals surface area contributed by atoms with Crippen LogP contribution in [-0.2, 0) is 12.0 Å². The van der Waals surface area contributed by atoms with Crippen molar-refractivity contribution in [2.24, 2.45) is 5.73 Å². The van der Waals surface area contributed by atoms with Crippen LogP contribution in [0.2, 0.25) is 0 Å². The van der Waals surface area contributed by atoms with E-state index in [2.05, 4.69) is 29.2 Å². The molecule has 4 heteroatoms. The molecule has 2 aromatic rings. The number of hydrogen-bond donors (Lipinski definition) is 1. The van der Waals surface area contributed by atoms with Crippen LogP contribution in [-0.4, -0.2) is 10.1 Å². The van der Waals surface area contributed by atoms with Gasteiger partial charge in [-0.05, 0) is 30.9 Å². The molecule has 0 atom stereocenters. The van der Waals surface area contributed by atoms with Gasteiger partial charge < -0.3 is 10.3 Å². The maximum Gasteiger partial charge on any atom is 0.231 e. The van der Waals surface area contributed by atoms with Crippen molar-refractivity contribution in [1.29, 1.82) is 0 Å². The zero-order valence-corrected chi connectivity index (χ0v) is 11.8. The highest BCUT2D eigenvalue weighted by Gasteiger charge is 2.28. The molecule has 0 saturated carbocycles. The number of nitrogens with two attached hydrogens (primary N) is 1. The second-order valence-electron chi connectivity index (χ2n) is 4.98. The first-order valence-corrected chi connectivity index (χ1v) is 6.75. The minimum Gasteiger partial charge on any atom is -0.339 e. The molecule has 0 spiro atoms.